The number of rotatable bonds is 8. The summed E-state index contributed by atoms with van der Waals surface area (Å²) in [5.74, 6) is -4.11. The van der Waals surface area contributed by atoms with Gasteiger partial charge in [0.25, 0.3) is 0 Å². The van der Waals surface area contributed by atoms with E-state index in [0.29, 0.717) is 25.8 Å². The zero-order chi connectivity index (χ0) is 29.9. The van der Waals surface area contributed by atoms with Crippen LogP contribution in [0.3, 0.4) is 0 Å². The molecule has 6 N–H and O–H groups in total. The molecule has 1 aromatic heterocycles. The monoisotopic (exact) mass is 592 g/mol. The molecule has 41 heavy (non-hydrogen) atoms. The number of aromatic nitrogens is 1. The normalized spacial score (nSPS) is 19.3. The molecule has 0 saturated heterocycles. The minimum atomic E-state index is -3.75. The number of fused-ring (bicyclic) bond motifs is 3. The molecule has 3 aromatic rings. The SMILES string of the molecule is O=C(O)CCn1c2c(c3ccccc31)C[C@H](NS(=O)(=O)c1ccc(F)cc1)CC2.O=C1O[C@H]([C@@H](O)CO)C(O)=C1O. The molecule has 2 heterocycles. The number of carbonyl (C=O) groups excluding carboxylic acids is 1. The number of aryl methyl sites for hydroxylation is 1. The maximum atomic E-state index is 13.1. The lowest BCUT2D eigenvalue weighted by Crippen LogP contribution is -2.39. The Morgan fingerprint density at radius 2 is 1.83 bits per heavy atom. The number of cyclic esters (lactones) is 1. The Bertz CT molecular complexity index is 1580. The van der Waals surface area contributed by atoms with E-state index in [1.165, 1.54) is 12.1 Å². The van der Waals surface area contributed by atoms with Gasteiger partial charge in [-0.25, -0.2) is 22.3 Å². The number of benzene rings is 2. The fraction of sp³-hybridized carbons (Fsp3) is 0.333. The number of sulfonamides is 1. The number of nitrogens with zero attached hydrogens (tertiary/aromatic N) is 1. The summed E-state index contributed by atoms with van der Waals surface area (Å²) in [4.78, 5) is 21.6. The second-order valence-electron chi connectivity index (χ2n) is 9.56. The molecule has 2 aromatic carbocycles. The summed E-state index contributed by atoms with van der Waals surface area (Å²) < 4.78 is 47.5. The summed E-state index contributed by atoms with van der Waals surface area (Å²) >= 11 is 0. The maximum absolute atomic E-state index is 13.1. The highest BCUT2D eigenvalue weighted by molar-refractivity contribution is 7.89. The molecule has 14 heteroatoms. The smallest absolute Gasteiger partial charge is 0.377 e. The second kappa shape index (κ2) is 12.3. The van der Waals surface area contributed by atoms with E-state index < -0.39 is 58.1 Å². The largest absolute Gasteiger partial charge is 0.505 e. The van der Waals surface area contributed by atoms with Gasteiger partial charge in [0.1, 0.15) is 11.9 Å². The molecule has 2 aliphatic rings. The van der Waals surface area contributed by atoms with Crippen molar-refractivity contribution in [2.45, 2.75) is 55.4 Å². The molecule has 0 amide bonds. The number of aliphatic carboxylic acids is 1. The van der Waals surface area contributed by atoms with Crippen molar-refractivity contribution in [2.75, 3.05) is 6.61 Å². The van der Waals surface area contributed by atoms with Crippen molar-refractivity contribution in [1.82, 2.24) is 9.29 Å². The lowest BCUT2D eigenvalue weighted by atomic mass is 9.92. The van der Waals surface area contributed by atoms with Crippen LogP contribution in [0.5, 0.6) is 0 Å². The number of halogens is 1. The number of aliphatic hydroxyl groups excluding tert-OH is 4. The van der Waals surface area contributed by atoms with Crippen LogP contribution >= 0.6 is 0 Å². The first-order chi connectivity index (χ1) is 19.4. The number of hydrogen-bond donors (Lipinski definition) is 6. The minimum Gasteiger partial charge on any atom is -0.505 e. The van der Waals surface area contributed by atoms with Gasteiger partial charge in [0.2, 0.25) is 15.8 Å². The summed E-state index contributed by atoms with van der Waals surface area (Å²) in [7, 11) is -3.75. The number of para-hydroxylation sites is 1. The predicted molar refractivity (Wildman–Crippen MR) is 142 cm³/mol. The Morgan fingerprint density at radius 3 is 2.44 bits per heavy atom. The first-order valence-corrected chi connectivity index (χ1v) is 14.1. The Balaban J connectivity index is 0.000000271. The molecule has 220 valence electrons. The molecule has 0 spiro atoms. The number of nitrogens with one attached hydrogen (secondary N) is 1. The van der Waals surface area contributed by atoms with Gasteiger partial charge in [-0.2, -0.15) is 0 Å². The van der Waals surface area contributed by atoms with Gasteiger partial charge in [-0.1, -0.05) is 18.2 Å². The lowest BCUT2D eigenvalue weighted by Gasteiger charge is -2.25. The molecular formula is C27H29FN2O10S. The van der Waals surface area contributed by atoms with Crippen LogP contribution in [0.2, 0.25) is 0 Å². The Hall–Kier alpha value is -3.98. The van der Waals surface area contributed by atoms with E-state index in [-0.39, 0.29) is 17.4 Å². The number of esters is 1. The fourth-order valence-electron chi connectivity index (χ4n) is 4.89. The molecule has 1 aliphatic carbocycles. The molecule has 0 radical (unpaired) electrons. The van der Waals surface area contributed by atoms with Crippen LogP contribution < -0.4 is 4.72 Å². The quantitative estimate of drug-likeness (QED) is 0.210. The molecule has 3 atom stereocenters. The fourth-order valence-corrected chi connectivity index (χ4v) is 6.16. The van der Waals surface area contributed by atoms with Crippen LogP contribution in [0, 0.1) is 5.82 Å². The number of hydrogen-bond acceptors (Lipinski definition) is 9. The summed E-state index contributed by atoms with van der Waals surface area (Å²) in [6, 6.07) is 12.3. The molecule has 0 bridgehead atoms. The van der Waals surface area contributed by atoms with E-state index in [4.69, 9.17) is 25.5 Å². The van der Waals surface area contributed by atoms with Crippen LogP contribution in [-0.2, 0) is 43.7 Å². The van der Waals surface area contributed by atoms with Crippen LogP contribution in [-0.4, -0.2) is 75.3 Å². The summed E-state index contributed by atoms with van der Waals surface area (Å²) in [5, 5.41) is 45.1. The van der Waals surface area contributed by atoms with Crippen LogP contribution in [0.4, 0.5) is 4.39 Å². The standard InChI is InChI=1S/C21H21FN2O4S.C6H8O6/c22-14-5-8-16(9-6-14)29(27,28)23-15-7-10-20-18(13-15)17-3-1-2-4-19(17)24(20)12-11-21(25)26;7-1-2(8)5-3(9)4(10)6(11)12-5/h1-6,8-9,15,23H,7,10-13H2,(H,25,26);2,5,7-10H,1H2/t15-;2-,5+/m10/s1. The number of carboxylic acid groups (broad SMARTS) is 1. The van der Waals surface area contributed by atoms with Crippen molar-refractivity contribution in [3.8, 4) is 0 Å². The van der Waals surface area contributed by atoms with Gasteiger partial charge in [0.05, 0.1) is 17.9 Å². The summed E-state index contributed by atoms with van der Waals surface area (Å²) in [6.07, 6.45) is -0.958. The van der Waals surface area contributed by atoms with E-state index in [9.17, 15) is 22.4 Å². The van der Waals surface area contributed by atoms with E-state index in [1.807, 2.05) is 28.8 Å². The maximum Gasteiger partial charge on any atom is 0.377 e. The van der Waals surface area contributed by atoms with Crippen LogP contribution in [0.1, 0.15) is 24.1 Å². The zero-order valence-corrected chi connectivity index (χ0v) is 22.4. The van der Waals surface area contributed by atoms with Crippen molar-refractivity contribution in [3.05, 3.63) is 77.1 Å². The molecule has 0 fully saturated rings. The third-order valence-electron chi connectivity index (χ3n) is 6.85. The van der Waals surface area contributed by atoms with Gasteiger partial charge in [-0.05, 0) is 55.2 Å². The molecular weight excluding hydrogens is 563 g/mol. The average molecular weight is 593 g/mol. The average Bonchev–Trinajstić information content (AvgIpc) is 3.40. The van der Waals surface area contributed by atoms with Gasteiger partial charge in [0, 0.05) is 29.2 Å². The Labute approximate surface area is 234 Å². The Kier molecular flexibility index (Phi) is 8.97. The highest BCUT2D eigenvalue weighted by Gasteiger charge is 2.38. The highest BCUT2D eigenvalue weighted by atomic mass is 32.2. The Morgan fingerprint density at radius 1 is 1.15 bits per heavy atom. The van der Waals surface area contributed by atoms with Crippen molar-refractivity contribution < 1.29 is 52.7 Å². The third kappa shape index (κ3) is 6.51. The molecule has 0 unspecified atom stereocenters. The summed E-state index contributed by atoms with van der Waals surface area (Å²) in [6.45, 7) is -0.285. The van der Waals surface area contributed by atoms with Crippen molar-refractivity contribution >= 4 is 32.9 Å². The van der Waals surface area contributed by atoms with Gasteiger partial charge < -0.3 is 34.8 Å². The summed E-state index contributed by atoms with van der Waals surface area (Å²) in [5.41, 5.74) is 3.11. The zero-order valence-electron chi connectivity index (χ0n) is 21.6. The predicted octanol–water partition coefficient (Wildman–Crippen LogP) is 1.68. The van der Waals surface area contributed by atoms with Gasteiger partial charge in [-0.15, -0.1) is 0 Å². The molecule has 5 rings (SSSR count). The minimum absolute atomic E-state index is 0.0335. The van der Waals surface area contributed by atoms with E-state index in [0.717, 1.165) is 34.3 Å². The van der Waals surface area contributed by atoms with Crippen LogP contribution in [0.15, 0.2) is 64.9 Å². The molecule has 0 saturated carbocycles. The van der Waals surface area contributed by atoms with Crippen LogP contribution in [0.25, 0.3) is 10.9 Å². The highest BCUT2D eigenvalue weighted by Crippen LogP contribution is 2.33. The van der Waals surface area contributed by atoms with Crippen molar-refractivity contribution in [3.63, 3.8) is 0 Å². The number of aliphatic hydroxyl groups is 4. The van der Waals surface area contributed by atoms with Crippen molar-refractivity contribution in [2.24, 2.45) is 0 Å². The number of carboxylic acids is 1. The van der Waals surface area contributed by atoms with Gasteiger partial charge >= 0.3 is 11.9 Å². The topological polar surface area (TPSA) is 196 Å². The second-order valence-corrected chi connectivity index (χ2v) is 11.3. The first kappa shape index (κ1) is 30.0. The molecule has 1 aliphatic heterocycles. The molecule has 12 nitrogen and oxygen atoms in total. The van der Waals surface area contributed by atoms with Gasteiger partial charge in [-0.3, -0.25) is 4.79 Å². The lowest BCUT2D eigenvalue weighted by molar-refractivity contribution is -0.147. The van der Waals surface area contributed by atoms with E-state index >= 15 is 0 Å². The van der Waals surface area contributed by atoms with Gasteiger partial charge in [0.15, 0.2) is 11.9 Å². The third-order valence-corrected chi connectivity index (χ3v) is 8.38. The number of carbonyl (C=O) groups is 2. The van der Waals surface area contributed by atoms with E-state index in [2.05, 4.69) is 9.46 Å². The number of ether oxygens (including phenoxy) is 1. The first-order valence-electron chi connectivity index (χ1n) is 12.6. The van der Waals surface area contributed by atoms with E-state index in [1.54, 1.807) is 0 Å². The van der Waals surface area contributed by atoms with Crippen molar-refractivity contribution in [1.29, 1.82) is 0 Å².